The van der Waals surface area contributed by atoms with Crippen LogP contribution in [0.25, 0.3) is 0 Å². The van der Waals surface area contributed by atoms with Crippen LogP contribution in [0.2, 0.25) is 0 Å². The molecule has 0 radical (unpaired) electrons. The number of carbonyl (C=O) groups is 2. The van der Waals surface area contributed by atoms with Gasteiger partial charge in [0, 0.05) is 13.3 Å². The third-order valence-electron chi connectivity index (χ3n) is 1.08. The number of nitriles is 1. The Morgan fingerprint density at radius 3 is 2.46 bits per heavy atom. The second-order valence-corrected chi connectivity index (χ2v) is 2.25. The molecule has 13 heavy (non-hydrogen) atoms. The zero-order chi connectivity index (χ0) is 10.1. The van der Waals surface area contributed by atoms with Gasteiger partial charge in [0.15, 0.2) is 0 Å². The van der Waals surface area contributed by atoms with Crippen molar-refractivity contribution in [1.82, 2.24) is 0 Å². The monoisotopic (exact) mass is 185 g/mol. The third kappa shape index (κ3) is 8.34. The first kappa shape index (κ1) is 11.4. The Hall–Kier alpha value is -1.57. The lowest BCUT2D eigenvalue weighted by Gasteiger charge is -2.02. The van der Waals surface area contributed by atoms with Gasteiger partial charge in [0.2, 0.25) is 0 Å². The van der Waals surface area contributed by atoms with Gasteiger partial charge in [-0.2, -0.15) is 5.26 Å². The Morgan fingerprint density at radius 2 is 1.92 bits per heavy atom. The summed E-state index contributed by atoms with van der Waals surface area (Å²) in [5.74, 6) is -0.909. The van der Waals surface area contributed by atoms with E-state index in [2.05, 4.69) is 9.47 Å². The molecule has 0 heterocycles. The van der Waals surface area contributed by atoms with Gasteiger partial charge in [-0.25, -0.2) is 0 Å². The first-order chi connectivity index (χ1) is 6.16. The summed E-state index contributed by atoms with van der Waals surface area (Å²) in [5.41, 5.74) is 0. The number of hydrogen-bond donors (Lipinski definition) is 0. The number of nitrogens with zero attached hydrogens (tertiary/aromatic N) is 1. The van der Waals surface area contributed by atoms with Gasteiger partial charge in [-0.15, -0.1) is 0 Å². The number of carbonyl (C=O) groups excluding carboxylic acids is 2. The molecule has 0 N–H and O–H groups in total. The second kappa shape index (κ2) is 7.10. The molecule has 0 aromatic carbocycles. The van der Waals surface area contributed by atoms with Crippen LogP contribution in [0.5, 0.6) is 0 Å². The standard InChI is InChI=1S/C8H11NO4/c1-7(10)12-5-2-6-13-8(11)3-4-9/h2-3,5-6H2,1H3. The maximum Gasteiger partial charge on any atom is 0.320 e. The first-order valence-corrected chi connectivity index (χ1v) is 3.82. The molecular formula is C8H11NO4. The Morgan fingerprint density at radius 1 is 1.31 bits per heavy atom. The van der Waals surface area contributed by atoms with Gasteiger partial charge in [-0.1, -0.05) is 0 Å². The molecule has 0 fully saturated rings. The van der Waals surface area contributed by atoms with Crippen LogP contribution in [-0.4, -0.2) is 25.2 Å². The van der Waals surface area contributed by atoms with Gasteiger partial charge < -0.3 is 9.47 Å². The maximum atomic E-state index is 10.6. The largest absolute Gasteiger partial charge is 0.466 e. The van der Waals surface area contributed by atoms with Gasteiger partial charge in [0.1, 0.15) is 6.42 Å². The van der Waals surface area contributed by atoms with Crippen LogP contribution in [-0.2, 0) is 19.1 Å². The summed E-state index contributed by atoms with van der Waals surface area (Å²) < 4.78 is 9.20. The van der Waals surface area contributed by atoms with Crippen molar-refractivity contribution in [3.63, 3.8) is 0 Å². The van der Waals surface area contributed by atoms with E-state index in [-0.39, 0.29) is 25.6 Å². The molecule has 0 amide bonds. The SMILES string of the molecule is CC(=O)OCCCOC(=O)CC#N. The minimum absolute atomic E-state index is 0.174. The van der Waals surface area contributed by atoms with Gasteiger partial charge >= 0.3 is 11.9 Å². The molecule has 0 aliphatic carbocycles. The molecule has 0 atom stereocenters. The van der Waals surface area contributed by atoms with Crippen molar-refractivity contribution in [2.24, 2.45) is 0 Å². The average molecular weight is 185 g/mol. The van der Waals surface area contributed by atoms with Crippen molar-refractivity contribution in [2.75, 3.05) is 13.2 Å². The van der Waals surface area contributed by atoms with E-state index in [9.17, 15) is 9.59 Å². The highest BCUT2D eigenvalue weighted by atomic mass is 16.5. The van der Waals surface area contributed by atoms with Crippen molar-refractivity contribution in [3.8, 4) is 6.07 Å². The van der Waals surface area contributed by atoms with E-state index < -0.39 is 5.97 Å². The zero-order valence-corrected chi connectivity index (χ0v) is 7.41. The molecule has 0 rings (SSSR count). The highest BCUT2D eigenvalue weighted by Gasteiger charge is 2.00. The molecule has 5 nitrogen and oxygen atoms in total. The summed E-state index contributed by atoms with van der Waals surface area (Å²) in [6, 6.07) is 1.67. The van der Waals surface area contributed by atoms with Crippen molar-refractivity contribution in [2.45, 2.75) is 19.8 Å². The number of rotatable bonds is 5. The Kier molecular flexibility index (Phi) is 6.24. The topological polar surface area (TPSA) is 76.4 Å². The summed E-state index contributed by atoms with van der Waals surface area (Å²) in [5, 5.41) is 8.09. The molecule has 0 aliphatic rings. The van der Waals surface area contributed by atoms with E-state index in [4.69, 9.17) is 5.26 Å². The number of ether oxygens (including phenoxy) is 2. The van der Waals surface area contributed by atoms with Crippen molar-refractivity contribution >= 4 is 11.9 Å². The summed E-state index contributed by atoms with van der Waals surface area (Å²) in [4.78, 5) is 20.9. The van der Waals surface area contributed by atoms with E-state index in [1.165, 1.54) is 6.92 Å². The summed E-state index contributed by atoms with van der Waals surface area (Å²) in [7, 11) is 0. The molecule has 0 spiro atoms. The molecule has 0 aliphatic heterocycles. The molecule has 0 saturated heterocycles. The number of hydrogen-bond acceptors (Lipinski definition) is 5. The van der Waals surface area contributed by atoms with Crippen LogP contribution in [0.4, 0.5) is 0 Å². The van der Waals surface area contributed by atoms with E-state index in [1.807, 2.05) is 0 Å². The zero-order valence-electron chi connectivity index (χ0n) is 7.41. The predicted molar refractivity (Wildman–Crippen MR) is 42.4 cm³/mol. The van der Waals surface area contributed by atoms with Crippen LogP contribution in [0.3, 0.4) is 0 Å². The molecule has 0 aromatic heterocycles. The van der Waals surface area contributed by atoms with Gasteiger partial charge in [-0.05, 0) is 0 Å². The Bertz CT molecular complexity index is 219. The van der Waals surface area contributed by atoms with Crippen molar-refractivity contribution in [3.05, 3.63) is 0 Å². The predicted octanol–water partition coefficient (Wildman–Crippen LogP) is 0.396. The van der Waals surface area contributed by atoms with E-state index in [0.29, 0.717) is 6.42 Å². The minimum Gasteiger partial charge on any atom is -0.466 e. The molecular weight excluding hydrogens is 174 g/mol. The van der Waals surface area contributed by atoms with Gasteiger partial charge in [0.25, 0.3) is 0 Å². The lowest BCUT2D eigenvalue weighted by molar-refractivity contribution is -0.144. The van der Waals surface area contributed by atoms with Crippen molar-refractivity contribution < 1.29 is 19.1 Å². The lowest BCUT2D eigenvalue weighted by atomic mass is 10.4. The van der Waals surface area contributed by atoms with Crippen LogP contribution in [0.1, 0.15) is 19.8 Å². The average Bonchev–Trinajstić information content (AvgIpc) is 2.03. The summed E-state index contributed by atoms with van der Waals surface area (Å²) in [6.45, 7) is 1.71. The normalized spacial score (nSPS) is 8.62. The van der Waals surface area contributed by atoms with Crippen LogP contribution < -0.4 is 0 Å². The van der Waals surface area contributed by atoms with E-state index >= 15 is 0 Å². The molecule has 5 heteroatoms. The summed E-state index contributed by atoms with van der Waals surface area (Å²) >= 11 is 0. The summed E-state index contributed by atoms with van der Waals surface area (Å²) in [6.07, 6.45) is 0.213. The molecule has 0 bridgehead atoms. The Balaban J connectivity index is 3.22. The first-order valence-electron chi connectivity index (χ1n) is 3.82. The molecule has 0 saturated carbocycles. The van der Waals surface area contributed by atoms with E-state index in [1.54, 1.807) is 6.07 Å². The molecule has 0 aromatic rings. The van der Waals surface area contributed by atoms with E-state index in [0.717, 1.165) is 0 Å². The van der Waals surface area contributed by atoms with Crippen LogP contribution >= 0.6 is 0 Å². The fraction of sp³-hybridized carbons (Fsp3) is 0.625. The maximum absolute atomic E-state index is 10.6. The van der Waals surface area contributed by atoms with Crippen molar-refractivity contribution in [1.29, 1.82) is 5.26 Å². The highest BCUT2D eigenvalue weighted by Crippen LogP contribution is 1.89. The molecule has 0 unspecified atom stereocenters. The van der Waals surface area contributed by atoms with Crippen LogP contribution in [0, 0.1) is 11.3 Å². The fourth-order valence-electron chi connectivity index (χ4n) is 0.576. The third-order valence-corrected chi connectivity index (χ3v) is 1.08. The quantitative estimate of drug-likeness (QED) is 0.457. The van der Waals surface area contributed by atoms with Gasteiger partial charge in [0.05, 0.1) is 19.3 Å². The fourth-order valence-corrected chi connectivity index (χ4v) is 0.576. The number of esters is 2. The smallest absolute Gasteiger partial charge is 0.320 e. The molecule has 72 valence electrons. The highest BCUT2D eigenvalue weighted by molar-refractivity contribution is 5.71. The van der Waals surface area contributed by atoms with Crippen LogP contribution in [0.15, 0.2) is 0 Å². The Labute approximate surface area is 76.2 Å². The lowest BCUT2D eigenvalue weighted by Crippen LogP contribution is -2.08. The minimum atomic E-state index is -0.551. The second-order valence-electron chi connectivity index (χ2n) is 2.25. The van der Waals surface area contributed by atoms with Gasteiger partial charge in [-0.3, -0.25) is 9.59 Å².